The van der Waals surface area contributed by atoms with E-state index in [9.17, 15) is 18.0 Å². The maximum atomic E-state index is 12.7. The maximum Gasteiger partial charge on any atom is 0.226 e. The molecule has 142 valence electrons. The zero-order valence-electron chi connectivity index (χ0n) is 14.7. The van der Waals surface area contributed by atoms with Crippen molar-refractivity contribution in [2.75, 3.05) is 18.1 Å². The summed E-state index contributed by atoms with van der Waals surface area (Å²) in [6, 6.07) is 7.03. The summed E-state index contributed by atoms with van der Waals surface area (Å²) in [4.78, 5) is 26.7. The van der Waals surface area contributed by atoms with E-state index in [4.69, 9.17) is 11.6 Å². The number of amides is 2. The van der Waals surface area contributed by atoms with Gasteiger partial charge in [-0.1, -0.05) is 29.8 Å². The summed E-state index contributed by atoms with van der Waals surface area (Å²) in [7, 11) is -3.05. The minimum atomic E-state index is -3.05. The third-order valence-electron chi connectivity index (χ3n) is 5.13. The van der Waals surface area contributed by atoms with E-state index in [-0.39, 0.29) is 41.2 Å². The number of carbonyl (C=O) groups is 2. The second-order valence-electron chi connectivity index (χ2n) is 6.94. The van der Waals surface area contributed by atoms with Crippen molar-refractivity contribution in [2.45, 2.75) is 32.4 Å². The first-order valence-corrected chi connectivity index (χ1v) is 11.0. The molecule has 1 aromatic rings. The van der Waals surface area contributed by atoms with Gasteiger partial charge < -0.3 is 10.2 Å². The van der Waals surface area contributed by atoms with Crippen LogP contribution in [0.4, 0.5) is 0 Å². The van der Waals surface area contributed by atoms with Crippen LogP contribution in [-0.2, 0) is 26.0 Å². The molecule has 1 aliphatic heterocycles. The third-order valence-corrected chi connectivity index (χ3v) is 7.25. The number of nitrogens with one attached hydrogen (secondary N) is 1. The number of sulfone groups is 1. The Kier molecular flexibility index (Phi) is 5.58. The number of hydrogen-bond donors (Lipinski definition) is 1. The molecule has 0 bridgehead atoms. The zero-order chi connectivity index (χ0) is 18.9. The Morgan fingerprint density at radius 3 is 2.62 bits per heavy atom. The highest BCUT2D eigenvalue weighted by atomic mass is 35.5. The lowest BCUT2D eigenvalue weighted by atomic mass is 10.1. The van der Waals surface area contributed by atoms with Gasteiger partial charge in [-0.05, 0) is 31.4 Å². The molecular weight excluding hydrogens is 376 g/mol. The van der Waals surface area contributed by atoms with Crippen LogP contribution in [0.1, 0.15) is 25.3 Å². The van der Waals surface area contributed by atoms with Gasteiger partial charge in [0.25, 0.3) is 0 Å². The van der Waals surface area contributed by atoms with Gasteiger partial charge in [0.15, 0.2) is 9.84 Å². The molecule has 3 unspecified atom stereocenters. The first-order valence-electron chi connectivity index (χ1n) is 8.84. The van der Waals surface area contributed by atoms with Gasteiger partial charge in [-0.25, -0.2) is 8.42 Å². The van der Waals surface area contributed by atoms with Crippen molar-refractivity contribution in [3.05, 3.63) is 34.9 Å². The van der Waals surface area contributed by atoms with Gasteiger partial charge in [0.1, 0.15) is 0 Å². The van der Waals surface area contributed by atoms with Crippen molar-refractivity contribution in [1.29, 1.82) is 0 Å². The van der Waals surface area contributed by atoms with E-state index in [0.29, 0.717) is 31.0 Å². The fraction of sp³-hybridized carbons (Fsp3) is 0.556. The molecule has 3 rings (SSSR count). The van der Waals surface area contributed by atoms with Crippen LogP contribution >= 0.6 is 11.6 Å². The molecule has 1 saturated heterocycles. The minimum absolute atomic E-state index is 0.0304. The minimum Gasteiger partial charge on any atom is -0.352 e. The van der Waals surface area contributed by atoms with Crippen LogP contribution in [0.25, 0.3) is 0 Å². The number of hydrogen-bond acceptors (Lipinski definition) is 4. The Balaban J connectivity index is 1.54. The van der Waals surface area contributed by atoms with Gasteiger partial charge in [0.2, 0.25) is 11.8 Å². The van der Waals surface area contributed by atoms with E-state index >= 15 is 0 Å². The lowest BCUT2D eigenvalue weighted by molar-refractivity contribution is -0.136. The maximum absolute atomic E-state index is 12.7. The molecule has 0 radical (unpaired) electrons. The monoisotopic (exact) mass is 398 g/mol. The normalized spacial score (nSPS) is 26.3. The van der Waals surface area contributed by atoms with Crippen molar-refractivity contribution in [3.8, 4) is 0 Å². The second-order valence-corrected chi connectivity index (χ2v) is 9.57. The Morgan fingerprint density at radius 2 is 2.00 bits per heavy atom. The molecule has 1 N–H and O–H groups in total. The largest absolute Gasteiger partial charge is 0.352 e. The van der Waals surface area contributed by atoms with Gasteiger partial charge in [-0.15, -0.1) is 0 Å². The first-order chi connectivity index (χ1) is 12.3. The SMILES string of the molecule is CCN(C(=O)C1CC1C(=O)NCc1ccccc1Cl)C1CCS(=O)(=O)C1. The summed E-state index contributed by atoms with van der Waals surface area (Å²) in [5.41, 5.74) is 0.831. The van der Waals surface area contributed by atoms with E-state index in [0.717, 1.165) is 5.56 Å². The standard InChI is InChI=1S/C18H23ClN2O4S/c1-2-21(13-7-8-26(24,25)11-13)18(23)15-9-14(15)17(22)20-10-12-5-3-4-6-16(12)19/h3-6,13-15H,2,7-11H2,1H3,(H,20,22). The average molecular weight is 399 g/mol. The molecule has 1 aromatic carbocycles. The molecule has 1 saturated carbocycles. The predicted octanol–water partition coefficient (Wildman–Crippen LogP) is 1.63. The van der Waals surface area contributed by atoms with Crippen LogP contribution in [0.5, 0.6) is 0 Å². The summed E-state index contributed by atoms with van der Waals surface area (Å²) < 4.78 is 23.4. The summed E-state index contributed by atoms with van der Waals surface area (Å²) in [6.45, 7) is 2.63. The molecule has 26 heavy (non-hydrogen) atoms. The highest BCUT2D eigenvalue weighted by Gasteiger charge is 2.50. The predicted molar refractivity (Wildman–Crippen MR) is 99.3 cm³/mol. The Labute approximate surface area is 158 Å². The smallest absolute Gasteiger partial charge is 0.226 e. The second kappa shape index (κ2) is 7.56. The molecular formula is C18H23ClN2O4S. The van der Waals surface area contributed by atoms with Crippen molar-refractivity contribution < 1.29 is 18.0 Å². The molecule has 8 heteroatoms. The zero-order valence-corrected chi connectivity index (χ0v) is 16.2. The molecule has 3 atom stereocenters. The van der Waals surface area contributed by atoms with Crippen LogP contribution in [0.2, 0.25) is 5.02 Å². The highest BCUT2D eigenvalue weighted by Crippen LogP contribution is 2.41. The number of halogens is 1. The lowest BCUT2D eigenvalue weighted by Crippen LogP contribution is -2.42. The lowest BCUT2D eigenvalue weighted by Gasteiger charge is -2.27. The van der Waals surface area contributed by atoms with Crippen LogP contribution in [0.15, 0.2) is 24.3 Å². The Morgan fingerprint density at radius 1 is 1.27 bits per heavy atom. The number of carbonyl (C=O) groups excluding carboxylic acids is 2. The summed E-state index contributed by atoms with van der Waals surface area (Å²) in [6.07, 6.45) is 1.00. The number of rotatable bonds is 6. The summed E-state index contributed by atoms with van der Waals surface area (Å²) in [5, 5.41) is 3.43. The Hall–Kier alpha value is -1.60. The van der Waals surface area contributed by atoms with E-state index in [1.807, 2.05) is 25.1 Å². The molecule has 1 heterocycles. The molecule has 0 aromatic heterocycles. The van der Waals surface area contributed by atoms with Gasteiger partial charge in [-0.3, -0.25) is 9.59 Å². The van der Waals surface area contributed by atoms with Crippen molar-refractivity contribution in [3.63, 3.8) is 0 Å². The van der Waals surface area contributed by atoms with Crippen molar-refractivity contribution in [1.82, 2.24) is 10.2 Å². The third kappa shape index (κ3) is 4.20. The molecule has 0 spiro atoms. The quantitative estimate of drug-likeness (QED) is 0.789. The molecule has 2 fully saturated rings. The van der Waals surface area contributed by atoms with Gasteiger partial charge >= 0.3 is 0 Å². The molecule has 2 amide bonds. The highest BCUT2D eigenvalue weighted by molar-refractivity contribution is 7.91. The fourth-order valence-corrected chi connectivity index (χ4v) is 5.47. The van der Waals surface area contributed by atoms with Crippen LogP contribution in [0.3, 0.4) is 0 Å². The van der Waals surface area contributed by atoms with E-state index < -0.39 is 9.84 Å². The van der Waals surface area contributed by atoms with Crippen LogP contribution < -0.4 is 5.32 Å². The van der Waals surface area contributed by atoms with Gasteiger partial charge in [-0.2, -0.15) is 0 Å². The van der Waals surface area contributed by atoms with E-state index in [2.05, 4.69) is 5.32 Å². The van der Waals surface area contributed by atoms with E-state index in [1.54, 1.807) is 11.0 Å². The fourth-order valence-electron chi connectivity index (χ4n) is 3.54. The van der Waals surface area contributed by atoms with E-state index in [1.165, 1.54) is 0 Å². The number of benzene rings is 1. The van der Waals surface area contributed by atoms with Gasteiger partial charge in [0.05, 0.1) is 23.3 Å². The van der Waals surface area contributed by atoms with Crippen LogP contribution in [0, 0.1) is 11.8 Å². The topological polar surface area (TPSA) is 83.6 Å². The molecule has 2 aliphatic rings. The van der Waals surface area contributed by atoms with Crippen LogP contribution in [-0.4, -0.2) is 49.2 Å². The van der Waals surface area contributed by atoms with Gasteiger partial charge in [0, 0.05) is 24.2 Å². The van der Waals surface area contributed by atoms with Crippen molar-refractivity contribution >= 4 is 33.3 Å². The molecule has 1 aliphatic carbocycles. The summed E-state index contributed by atoms with van der Waals surface area (Å²) in [5.74, 6) is -0.774. The number of nitrogens with zero attached hydrogens (tertiary/aromatic N) is 1. The first kappa shape index (κ1) is 19.2. The summed E-state index contributed by atoms with van der Waals surface area (Å²) >= 11 is 6.08. The average Bonchev–Trinajstić information content (AvgIpc) is 3.32. The molecule has 6 nitrogen and oxygen atoms in total. The van der Waals surface area contributed by atoms with Crippen molar-refractivity contribution in [2.24, 2.45) is 11.8 Å². The Bertz CT molecular complexity index is 811.